The minimum Gasteiger partial charge on any atom is -0.444 e. The summed E-state index contributed by atoms with van der Waals surface area (Å²) in [5, 5.41) is 5.66. The minimum atomic E-state index is -0.871. The van der Waals surface area contributed by atoms with Gasteiger partial charge in [-0.15, -0.1) is 6.58 Å². The predicted molar refractivity (Wildman–Crippen MR) is 140 cm³/mol. The molecule has 2 unspecified atom stereocenters. The van der Waals surface area contributed by atoms with E-state index in [0.29, 0.717) is 17.7 Å². The van der Waals surface area contributed by atoms with Gasteiger partial charge >= 0.3 is 6.09 Å². The SMILES string of the molecule is C=CCN(C(=O)C(CCSC)NC(=O)OC(C)(C)C)C(C(=O)NC(C)C)c1ccc(C)c(C)c1. The Kier molecular flexibility index (Phi) is 11.7. The number of benzene rings is 1. The molecule has 1 aromatic carbocycles. The molecule has 2 atom stereocenters. The number of carbonyl (C=O) groups excluding carboxylic acids is 3. The van der Waals surface area contributed by atoms with Crippen molar-refractivity contribution in [3.8, 4) is 0 Å². The van der Waals surface area contributed by atoms with E-state index in [4.69, 9.17) is 4.74 Å². The summed E-state index contributed by atoms with van der Waals surface area (Å²) in [6.45, 7) is 17.0. The van der Waals surface area contributed by atoms with Gasteiger partial charge in [-0.3, -0.25) is 9.59 Å². The smallest absolute Gasteiger partial charge is 0.408 e. The topological polar surface area (TPSA) is 87.7 Å². The molecule has 0 saturated carbocycles. The van der Waals surface area contributed by atoms with Crippen molar-refractivity contribution in [3.63, 3.8) is 0 Å². The van der Waals surface area contributed by atoms with Crippen molar-refractivity contribution in [2.75, 3.05) is 18.6 Å². The summed E-state index contributed by atoms with van der Waals surface area (Å²) in [6, 6.07) is 3.93. The van der Waals surface area contributed by atoms with Crippen molar-refractivity contribution < 1.29 is 19.1 Å². The van der Waals surface area contributed by atoms with Gasteiger partial charge in [0.2, 0.25) is 11.8 Å². The van der Waals surface area contributed by atoms with E-state index in [-0.39, 0.29) is 24.4 Å². The lowest BCUT2D eigenvalue weighted by Gasteiger charge is -2.34. The van der Waals surface area contributed by atoms with E-state index in [2.05, 4.69) is 17.2 Å². The second-order valence-corrected chi connectivity index (χ2v) is 10.7. The number of nitrogens with one attached hydrogen (secondary N) is 2. The fraction of sp³-hybridized carbons (Fsp3) is 0.577. The van der Waals surface area contributed by atoms with Crippen molar-refractivity contribution in [2.45, 2.75) is 78.6 Å². The molecule has 8 heteroatoms. The Labute approximate surface area is 209 Å². The molecule has 0 aliphatic rings. The number of thioether (sulfide) groups is 1. The third-order valence-corrected chi connectivity index (χ3v) is 5.69. The number of hydrogen-bond donors (Lipinski definition) is 2. The highest BCUT2D eigenvalue weighted by molar-refractivity contribution is 7.98. The van der Waals surface area contributed by atoms with Crippen LogP contribution in [-0.2, 0) is 14.3 Å². The van der Waals surface area contributed by atoms with Gasteiger partial charge in [0, 0.05) is 12.6 Å². The summed E-state index contributed by atoms with van der Waals surface area (Å²) in [4.78, 5) is 41.2. The Bertz CT molecular complexity index is 864. The molecule has 0 aliphatic heterocycles. The highest BCUT2D eigenvalue weighted by atomic mass is 32.2. The average molecular weight is 492 g/mol. The first-order valence-electron chi connectivity index (χ1n) is 11.6. The maximum absolute atomic E-state index is 13.8. The molecule has 1 rings (SSSR count). The van der Waals surface area contributed by atoms with Crippen LogP contribution in [0.5, 0.6) is 0 Å². The lowest BCUT2D eigenvalue weighted by atomic mass is 9.98. The molecule has 0 radical (unpaired) electrons. The van der Waals surface area contributed by atoms with Crippen LogP contribution in [0.25, 0.3) is 0 Å². The van der Waals surface area contributed by atoms with Gasteiger partial charge in [-0.2, -0.15) is 11.8 Å². The molecule has 2 N–H and O–H groups in total. The Morgan fingerprint density at radius 1 is 1.15 bits per heavy atom. The molecule has 0 heterocycles. The molecule has 0 saturated heterocycles. The van der Waals surface area contributed by atoms with Crippen LogP contribution in [0, 0.1) is 13.8 Å². The van der Waals surface area contributed by atoms with Crippen LogP contribution in [0.15, 0.2) is 30.9 Å². The van der Waals surface area contributed by atoms with Crippen LogP contribution < -0.4 is 10.6 Å². The quantitative estimate of drug-likeness (QED) is 0.444. The second kappa shape index (κ2) is 13.4. The van der Waals surface area contributed by atoms with Gasteiger partial charge in [0.05, 0.1) is 0 Å². The number of alkyl carbamates (subject to hydrolysis) is 1. The molecular weight excluding hydrogens is 450 g/mol. The summed E-state index contributed by atoms with van der Waals surface area (Å²) >= 11 is 1.57. The van der Waals surface area contributed by atoms with Crippen LogP contribution >= 0.6 is 11.8 Å². The predicted octanol–water partition coefficient (Wildman–Crippen LogP) is 4.53. The van der Waals surface area contributed by atoms with E-state index in [1.807, 2.05) is 52.1 Å². The number of nitrogens with zero attached hydrogens (tertiary/aromatic N) is 1. The molecule has 7 nitrogen and oxygen atoms in total. The van der Waals surface area contributed by atoms with E-state index < -0.39 is 23.8 Å². The summed E-state index contributed by atoms with van der Waals surface area (Å²) in [5.74, 6) is 0.0111. The van der Waals surface area contributed by atoms with Gasteiger partial charge in [0.25, 0.3) is 0 Å². The zero-order valence-electron chi connectivity index (χ0n) is 21.9. The van der Waals surface area contributed by atoms with Crippen LogP contribution in [0.4, 0.5) is 4.79 Å². The molecule has 0 aliphatic carbocycles. The molecule has 190 valence electrons. The molecule has 3 amide bonds. The maximum Gasteiger partial charge on any atom is 0.408 e. The van der Waals surface area contributed by atoms with Crippen molar-refractivity contribution in [1.82, 2.24) is 15.5 Å². The number of amides is 3. The van der Waals surface area contributed by atoms with Gasteiger partial charge in [-0.1, -0.05) is 24.3 Å². The maximum atomic E-state index is 13.8. The summed E-state index contributed by atoms with van der Waals surface area (Å²) in [6.07, 6.45) is 3.26. The van der Waals surface area contributed by atoms with E-state index in [9.17, 15) is 14.4 Å². The van der Waals surface area contributed by atoms with Crippen LogP contribution in [-0.4, -0.2) is 59.0 Å². The van der Waals surface area contributed by atoms with Crippen molar-refractivity contribution in [2.24, 2.45) is 0 Å². The first kappa shape index (κ1) is 29.6. The number of carbonyl (C=O) groups is 3. The highest BCUT2D eigenvalue weighted by Gasteiger charge is 2.35. The van der Waals surface area contributed by atoms with Gasteiger partial charge in [-0.05, 0) is 83.6 Å². The van der Waals surface area contributed by atoms with Crippen molar-refractivity contribution in [3.05, 3.63) is 47.5 Å². The molecule has 0 aromatic heterocycles. The summed E-state index contributed by atoms with van der Waals surface area (Å²) < 4.78 is 5.39. The largest absolute Gasteiger partial charge is 0.444 e. The average Bonchev–Trinajstić information content (AvgIpc) is 2.70. The fourth-order valence-electron chi connectivity index (χ4n) is 3.38. The highest BCUT2D eigenvalue weighted by Crippen LogP contribution is 2.25. The van der Waals surface area contributed by atoms with E-state index in [1.54, 1.807) is 38.6 Å². The van der Waals surface area contributed by atoms with E-state index >= 15 is 0 Å². The summed E-state index contributed by atoms with van der Waals surface area (Å²) in [5.41, 5.74) is 2.13. The van der Waals surface area contributed by atoms with Crippen molar-refractivity contribution >= 4 is 29.7 Å². The van der Waals surface area contributed by atoms with Crippen LogP contribution in [0.1, 0.15) is 63.8 Å². The Hall–Kier alpha value is -2.48. The van der Waals surface area contributed by atoms with Gasteiger partial charge in [-0.25, -0.2) is 4.79 Å². The lowest BCUT2D eigenvalue weighted by molar-refractivity contribution is -0.142. The zero-order chi connectivity index (χ0) is 26.1. The first-order chi connectivity index (χ1) is 15.8. The number of ether oxygens (including phenoxy) is 1. The zero-order valence-corrected chi connectivity index (χ0v) is 22.7. The lowest BCUT2D eigenvalue weighted by Crippen LogP contribution is -2.53. The first-order valence-corrected chi connectivity index (χ1v) is 13.0. The monoisotopic (exact) mass is 491 g/mol. The fourth-order valence-corrected chi connectivity index (χ4v) is 3.85. The second-order valence-electron chi connectivity index (χ2n) is 9.67. The van der Waals surface area contributed by atoms with Crippen LogP contribution in [0.3, 0.4) is 0 Å². The van der Waals surface area contributed by atoms with E-state index in [0.717, 1.165) is 11.1 Å². The standard InChI is InChI=1S/C26H41N3O4S/c1-10-14-29(24(31)21(13-15-34-9)28-25(32)33-26(6,7)8)22(23(30)27-17(2)3)20-12-11-18(4)19(5)16-20/h10-12,16-17,21-22H,1,13-15H2,2-9H3,(H,27,30)(H,28,32). The number of hydrogen-bond acceptors (Lipinski definition) is 5. The number of rotatable bonds is 11. The molecule has 0 bridgehead atoms. The normalized spacial score (nSPS) is 13.1. The molecule has 34 heavy (non-hydrogen) atoms. The molecule has 1 aromatic rings. The Balaban J connectivity index is 3.44. The molecule has 0 spiro atoms. The van der Waals surface area contributed by atoms with Crippen molar-refractivity contribution in [1.29, 1.82) is 0 Å². The Morgan fingerprint density at radius 3 is 2.29 bits per heavy atom. The van der Waals surface area contributed by atoms with Gasteiger partial charge in [0.1, 0.15) is 17.7 Å². The number of aryl methyl sites for hydroxylation is 2. The third kappa shape index (κ3) is 9.41. The summed E-state index contributed by atoms with van der Waals surface area (Å²) in [7, 11) is 0. The molecule has 0 fully saturated rings. The molecular formula is C26H41N3O4S. The van der Waals surface area contributed by atoms with E-state index in [1.165, 1.54) is 4.90 Å². The van der Waals surface area contributed by atoms with Gasteiger partial charge in [0.15, 0.2) is 0 Å². The van der Waals surface area contributed by atoms with Gasteiger partial charge < -0.3 is 20.3 Å². The minimum absolute atomic E-state index is 0.102. The van der Waals surface area contributed by atoms with Crippen LogP contribution in [0.2, 0.25) is 0 Å². The Morgan fingerprint density at radius 2 is 1.79 bits per heavy atom. The third-order valence-electron chi connectivity index (χ3n) is 5.05.